The Morgan fingerprint density at radius 3 is 2.08 bits per heavy atom. The largest absolute Gasteiger partial charge is 0.495 e. The molecule has 2 aromatic carbocycles. The Morgan fingerprint density at radius 2 is 1.54 bits per heavy atom. The average molecular weight is 370 g/mol. The quantitative estimate of drug-likeness (QED) is 0.806. The van der Waals surface area contributed by atoms with Gasteiger partial charge in [0.25, 0.3) is 10.0 Å². The molecule has 0 aliphatic carbocycles. The average Bonchev–Trinajstić information content (AvgIpc) is 2.55. The fourth-order valence-electron chi connectivity index (χ4n) is 2.02. The Labute approximate surface area is 141 Å². The predicted octanol–water partition coefficient (Wildman–Crippen LogP) is 1.71. The fraction of sp³-hybridized carbons (Fsp3) is 0.200. The molecule has 9 heteroatoms. The van der Waals surface area contributed by atoms with E-state index in [2.05, 4.69) is 9.44 Å². The summed E-state index contributed by atoms with van der Waals surface area (Å²) in [6, 6.07) is 10.2. The SMILES string of the molecule is CNS(=O)(=O)c1ccc(NS(=O)(=O)c2cc(C)ccc2OC)cc1. The summed E-state index contributed by atoms with van der Waals surface area (Å²) in [5, 5.41) is 0. The number of benzene rings is 2. The molecule has 2 N–H and O–H groups in total. The fourth-order valence-corrected chi connectivity index (χ4v) is 4.07. The standard InChI is InChI=1S/C15H18N2O5S2/c1-11-4-9-14(22-3)15(10-11)24(20,21)17-12-5-7-13(8-6-12)23(18,19)16-2/h4-10,16-17H,1-3H3. The number of methoxy groups -OCH3 is 1. The zero-order valence-electron chi connectivity index (χ0n) is 13.4. The van der Waals surface area contributed by atoms with Gasteiger partial charge in [-0.15, -0.1) is 0 Å². The summed E-state index contributed by atoms with van der Waals surface area (Å²) >= 11 is 0. The van der Waals surface area contributed by atoms with Gasteiger partial charge in [0.05, 0.1) is 12.0 Å². The van der Waals surface area contributed by atoms with Crippen LogP contribution in [0.4, 0.5) is 5.69 Å². The van der Waals surface area contributed by atoms with Crippen LogP contribution < -0.4 is 14.2 Å². The van der Waals surface area contributed by atoms with E-state index >= 15 is 0 Å². The van der Waals surface area contributed by atoms with E-state index in [0.29, 0.717) is 0 Å². The summed E-state index contributed by atoms with van der Waals surface area (Å²) in [7, 11) is -4.76. The normalized spacial score (nSPS) is 12.0. The molecule has 0 amide bonds. The van der Waals surface area contributed by atoms with Gasteiger partial charge < -0.3 is 4.74 Å². The minimum Gasteiger partial charge on any atom is -0.495 e. The summed E-state index contributed by atoms with van der Waals surface area (Å²) in [5.74, 6) is 0.225. The molecule has 0 aliphatic heterocycles. The lowest BCUT2D eigenvalue weighted by molar-refractivity contribution is 0.402. The minimum absolute atomic E-state index is 0.0110. The first-order chi connectivity index (χ1) is 11.2. The van der Waals surface area contributed by atoms with Crippen molar-refractivity contribution in [3.8, 4) is 5.75 Å². The second-order valence-corrected chi connectivity index (χ2v) is 8.53. The van der Waals surface area contributed by atoms with Crippen LogP contribution in [0, 0.1) is 6.92 Å². The molecule has 24 heavy (non-hydrogen) atoms. The van der Waals surface area contributed by atoms with Crippen LogP contribution in [0.15, 0.2) is 52.3 Å². The molecule has 0 spiro atoms. The van der Waals surface area contributed by atoms with Gasteiger partial charge in [0.2, 0.25) is 10.0 Å². The van der Waals surface area contributed by atoms with Gasteiger partial charge in [0.15, 0.2) is 0 Å². The third-order valence-electron chi connectivity index (χ3n) is 3.29. The molecule has 0 aliphatic rings. The molecule has 0 saturated carbocycles. The van der Waals surface area contributed by atoms with Gasteiger partial charge in [-0.1, -0.05) is 6.07 Å². The molecule has 0 heterocycles. The molecule has 0 aromatic heterocycles. The van der Waals surface area contributed by atoms with E-state index in [4.69, 9.17) is 4.74 Å². The number of ether oxygens (including phenoxy) is 1. The summed E-state index contributed by atoms with van der Waals surface area (Å²) in [6.45, 7) is 1.77. The molecule has 0 unspecified atom stereocenters. The van der Waals surface area contributed by atoms with Crippen molar-refractivity contribution in [1.82, 2.24) is 4.72 Å². The van der Waals surface area contributed by atoms with Gasteiger partial charge in [-0.2, -0.15) is 0 Å². The van der Waals surface area contributed by atoms with Gasteiger partial charge in [-0.3, -0.25) is 4.72 Å². The van der Waals surface area contributed by atoms with Crippen molar-refractivity contribution in [2.75, 3.05) is 18.9 Å². The number of sulfonamides is 2. The highest BCUT2D eigenvalue weighted by Crippen LogP contribution is 2.27. The maximum Gasteiger partial charge on any atom is 0.265 e. The zero-order valence-corrected chi connectivity index (χ0v) is 15.0. The van der Waals surface area contributed by atoms with Crippen LogP contribution in [-0.2, 0) is 20.0 Å². The maximum atomic E-state index is 12.5. The minimum atomic E-state index is -3.87. The lowest BCUT2D eigenvalue weighted by atomic mass is 10.2. The highest BCUT2D eigenvalue weighted by Gasteiger charge is 2.20. The number of nitrogens with one attached hydrogen (secondary N) is 2. The van der Waals surface area contributed by atoms with Crippen molar-refractivity contribution in [3.05, 3.63) is 48.0 Å². The molecule has 2 rings (SSSR count). The Bertz CT molecular complexity index is 936. The molecule has 0 fully saturated rings. The van der Waals surface area contributed by atoms with E-state index in [-0.39, 0.29) is 21.2 Å². The van der Waals surface area contributed by atoms with E-state index in [1.54, 1.807) is 19.1 Å². The topological polar surface area (TPSA) is 102 Å². The molecular weight excluding hydrogens is 352 g/mol. The first-order valence-corrected chi connectivity index (χ1v) is 9.87. The van der Waals surface area contributed by atoms with Gasteiger partial charge in [-0.25, -0.2) is 21.6 Å². The summed E-state index contributed by atoms with van der Waals surface area (Å²) in [5.41, 5.74) is 1.01. The number of rotatable bonds is 6. The van der Waals surface area contributed by atoms with Crippen molar-refractivity contribution >= 4 is 25.7 Å². The van der Waals surface area contributed by atoms with E-state index < -0.39 is 20.0 Å². The summed E-state index contributed by atoms with van der Waals surface area (Å²) in [6.07, 6.45) is 0. The second kappa shape index (κ2) is 6.80. The zero-order chi connectivity index (χ0) is 18.0. The van der Waals surface area contributed by atoms with Crippen LogP contribution in [0.3, 0.4) is 0 Å². The lowest BCUT2D eigenvalue weighted by Gasteiger charge is -2.12. The molecule has 0 atom stereocenters. The van der Waals surface area contributed by atoms with Gasteiger partial charge >= 0.3 is 0 Å². The van der Waals surface area contributed by atoms with Crippen molar-refractivity contribution in [2.24, 2.45) is 0 Å². The van der Waals surface area contributed by atoms with E-state index in [1.165, 1.54) is 44.5 Å². The predicted molar refractivity (Wildman–Crippen MR) is 91.2 cm³/mol. The van der Waals surface area contributed by atoms with Gasteiger partial charge in [0.1, 0.15) is 10.6 Å². The number of aryl methyl sites for hydroxylation is 1. The van der Waals surface area contributed by atoms with Crippen LogP contribution in [-0.4, -0.2) is 31.0 Å². The van der Waals surface area contributed by atoms with Crippen LogP contribution in [0.5, 0.6) is 5.75 Å². The van der Waals surface area contributed by atoms with Crippen molar-refractivity contribution in [2.45, 2.75) is 16.7 Å². The van der Waals surface area contributed by atoms with Crippen molar-refractivity contribution in [1.29, 1.82) is 0 Å². The highest BCUT2D eigenvalue weighted by atomic mass is 32.2. The van der Waals surface area contributed by atoms with E-state index in [9.17, 15) is 16.8 Å². The molecule has 2 aromatic rings. The van der Waals surface area contributed by atoms with Gasteiger partial charge in [-0.05, 0) is 55.9 Å². The first kappa shape index (κ1) is 18.2. The van der Waals surface area contributed by atoms with Gasteiger partial charge in [0, 0.05) is 5.69 Å². The Balaban J connectivity index is 2.35. The van der Waals surface area contributed by atoms with E-state index in [1.807, 2.05) is 0 Å². The number of anilines is 1. The van der Waals surface area contributed by atoms with Crippen LogP contribution in [0.1, 0.15) is 5.56 Å². The lowest BCUT2D eigenvalue weighted by Crippen LogP contribution is -2.18. The summed E-state index contributed by atoms with van der Waals surface area (Å²) in [4.78, 5) is 0.0537. The van der Waals surface area contributed by atoms with Crippen LogP contribution >= 0.6 is 0 Å². The molecule has 0 radical (unpaired) electrons. The van der Waals surface area contributed by atoms with Crippen LogP contribution in [0.2, 0.25) is 0 Å². The summed E-state index contributed by atoms with van der Waals surface area (Å²) < 4.78 is 58.1. The molecule has 0 saturated heterocycles. The highest BCUT2D eigenvalue weighted by molar-refractivity contribution is 7.92. The Hall–Kier alpha value is -2.10. The smallest absolute Gasteiger partial charge is 0.265 e. The first-order valence-electron chi connectivity index (χ1n) is 6.90. The Morgan fingerprint density at radius 1 is 0.917 bits per heavy atom. The maximum absolute atomic E-state index is 12.5. The second-order valence-electron chi connectivity index (χ2n) is 4.99. The monoisotopic (exact) mass is 370 g/mol. The molecule has 130 valence electrons. The van der Waals surface area contributed by atoms with Crippen LogP contribution in [0.25, 0.3) is 0 Å². The number of hydrogen-bond acceptors (Lipinski definition) is 5. The number of hydrogen-bond donors (Lipinski definition) is 2. The third kappa shape index (κ3) is 3.86. The van der Waals surface area contributed by atoms with Crippen molar-refractivity contribution < 1.29 is 21.6 Å². The molecular formula is C15H18N2O5S2. The van der Waals surface area contributed by atoms with Crippen molar-refractivity contribution in [3.63, 3.8) is 0 Å². The third-order valence-corrected chi connectivity index (χ3v) is 6.13. The molecule has 7 nitrogen and oxygen atoms in total. The molecule has 0 bridgehead atoms. The Kier molecular flexibility index (Phi) is 5.16. The van der Waals surface area contributed by atoms with E-state index in [0.717, 1.165) is 5.56 Å².